The van der Waals surface area contributed by atoms with Crippen molar-refractivity contribution >= 4 is 46.5 Å². The van der Waals surface area contributed by atoms with Crippen LogP contribution in [0.25, 0.3) is 0 Å². The Kier molecular flexibility index (Phi) is 7.11. The Morgan fingerprint density at radius 2 is 1.67 bits per heavy atom. The summed E-state index contributed by atoms with van der Waals surface area (Å²) in [5.74, 6) is -3.05. The zero-order valence-corrected chi connectivity index (χ0v) is 25.8. The Bertz CT molecular complexity index is 1790. The van der Waals surface area contributed by atoms with Gasteiger partial charge in [-0.1, -0.05) is 35.6 Å². The second kappa shape index (κ2) is 11.0. The maximum absolute atomic E-state index is 13.9. The van der Waals surface area contributed by atoms with Gasteiger partial charge in [-0.05, 0) is 54.0 Å². The number of nitrogens with one attached hydrogen (secondary N) is 1. The molecule has 3 amide bonds. The first-order valence-electron chi connectivity index (χ1n) is 15.1. The van der Waals surface area contributed by atoms with Gasteiger partial charge >= 0.3 is 11.0 Å². The maximum Gasteiger partial charge on any atom is 0.418 e. The van der Waals surface area contributed by atoms with Crippen LogP contribution in [0.15, 0.2) is 58.4 Å². The number of carbonyl (C=O) groups is 3. The van der Waals surface area contributed by atoms with E-state index in [0.717, 1.165) is 37.8 Å². The van der Waals surface area contributed by atoms with E-state index in [1.807, 2.05) is 12.1 Å². The summed E-state index contributed by atoms with van der Waals surface area (Å²) in [5.41, 5.74) is -0.529. The van der Waals surface area contributed by atoms with E-state index >= 15 is 0 Å². The second-order valence-electron chi connectivity index (χ2n) is 12.3. The Morgan fingerprint density at radius 3 is 2.39 bits per heavy atom. The Balaban J connectivity index is 1.09. The van der Waals surface area contributed by atoms with Crippen LogP contribution in [0.1, 0.15) is 28.3 Å². The summed E-state index contributed by atoms with van der Waals surface area (Å²) < 4.78 is 52.9. The molecule has 0 spiro atoms. The standard InChI is InChI=1S/C32H28F3N3O6S2/c33-32(34,35)19-3-1-2-4-20(19)38-29(40)24-17-13-18(25(24)30(38)41)26-23(17)22(27-28(45-26)36-31(42)46-27)15-5-7-16(8-6-15)44-14-21(39)37-9-11-43-12-10-37/h1-8,17-18,22-26H,9-14H2,(H,36,42)/t17?,18?,22-,23?,24?,25?,26?/m1/s1. The minimum atomic E-state index is -4.73. The highest BCUT2D eigenvalue weighted by Gasteiger charge is 2.70. The van der Waals surface area contributed by atoms with Gasteiger partial charge in [0.25, 0.3) is 5.91 Å². The average molecular weight is 672 g/mol. The van der Waals surface area contributed by atoms with Crippen molar-refractivity contribution in [1.29, 1.82) is 0 Å². The molecule has 6 unspecified atom stereocenters. The quantitative estimate of drug-likeness (QED) is 0.402. The first-order valence-corrected chi connectivity index (χ1v) is 16.8. The summed E-state index contributed by atoms with van der Waals surface area (Å²) in [6, 6.07) is 12.1. The molecule has 7 atom stereocenters. The third-order valence-corrected chi connectivity index (χ3v) is 12.7. The number of aromatic amines is 1. The molecule has 5 aliphatic rings. The van der Waals surface area contributed by atoms with E-state index in [0.29, 0.717) is 38.5 Å². The van der Waals surface area contributed by atoms with Gasteiger partial charge < -0.3 is 19.4 Å². The highest BCUT2D eigenvalue weighted by atomic mass is 32.2. The molecule has 8 rings (SSSR count). The highest BCUT2D eigenvalue weighted by Crippen LogP contribution is 2.68. The SMILES string of the molecule is O=C(COc1ccc([C@H]2c3sc(=O)[nH]c3SC3C4CC(C5C(=O)N(c6ccccc6C(F)(F)F)C(=O)C45)C32)cc1)N1CCOCC1. The van der Waals surface area contributed by atoms with Gasteiger partial charge in [0.1, 0.15) is 5.75 Å². The number of rotatable bonds is 5. The molecule has 2 aliphatic carbocycles. The number of halogens is 3. The minimum absolute atomic E-state index is 0.106. The summed E-state index contributed by atoms with van der Waals surface area (Å²) in [6.45, 7) is 1.94. The number of imide groups is 1. The van der Waals surface area contributed by atoms with Crippen LogP contribution in [0.2, 0.25) is 0 Å². The van der Waals surface area contributed by atoms with Crippen molar-refractivity contribution < 1.29 is 37.0 Å². The fourth-order valence-electron chi connectivity index (χ4n) is 8.36. The van der Waals surface area contributed by atoms with Crippen molar-refractivity contribution in [1.82, 2.24) is 9.88 Å². The largest absolute Gasteiger partial charge is 0.484 e. The van der Waals surface area contributed by atoms with Crippen LogP contribution in [-0.4, -0.2) is 65.8 Å². The van der Waals surface area contributed by atoms with Crippen LogP contribution in [0, 0.1) is 29.6 Å². The predicted molar refractivity (Wildman–Crippen MR) is 162 cm³/mol. The lowest BCUT2D eigenvalue weighted by Gasteiger charge is -2.43. The zero-order chi connectivity index (χ0) is 31.9. The summed E-state index contributed by atoms with van der Waals surface area (Å²) >= 11 is 2.63. The number of thiazole rings is 1. The number of amides is 3. The van der Waals surface area contributed by atoms with Gasteiger partial charge in [-0.3, -0.25) is 19.2 Å². The van der Waals surface area contributed by atoms with Crippen molar-refractivity contribution in [3.63, 3.8) is 0 Å². The molecule has 3 aliphatic heterocycles. The van der Waals surface area contributed by atoms with Crippen molar-refractivity contribution in [3.8, 4) is 5.75 Å². The fraction of sp³-hybridized carbons (Fsp3) is 0.438. The first kappa shape index (κ1) is 29.8. The number of alkyl halides is 3. The fourth-order valence-corrected chi connectivity index (χ4v) is 11.2. The number of H-pyrrole nitrogens is 1. The lowest BCUT2D eigenvalue weighted by molar-refractivity contribution is -0.138. The molecule has 0 radical (unpaired) electrons. The van der Waals surface area contributed by atoms with Crippen LogP contribution in [-0.2, 0) is 25.3 Å². The number of anilines is 1. The Morgan fingerprint density at radius 1 is 0.978 bits per heavy atom. The molecule has 240 valence electrons. The lowest BCUT2D eigenvalue weighted by Crippen LogP contribution is -2.43. The highest BCUT2D eigenvalue weighted by molar-refractivity contribution is 8.00. The van der Waals surface area contributed by atoms with Crippen LogP contribution in [0.4, 0.5) is 18.9 Å². The van der Waals surface area contributed by atoms with Gasteiger partial charge in [-0.2, -0.15) is 13.2 Å². The molecule has 1 aromatic heterocycles. The van der Waals surface area contributed by atoms with Gasteiger partial charge in [0, 0.05) is 29.1 Å². The summed E-state index contributed by atoms with van der Waals surface area (Å²) in [5, 5.41) is 0.628. The number of hydrogen-bond acceptors (Lipinski definition) is 8. The molecule has 2 aromatic carbocycles. The van der Waals surface area contributed by atoms with E-state index in [9.17, 15) is 32.3 Å². The molecule has 9 nitrogen and oxygen atoms in total. The number of carbonyl (C=O) groups excluding carboxylic acids is 3. The number of hydrogen-bond donors (Lipinski definition) is 1. The van der Waals surface area contributed by atoms with E-state index in [-0.39, 0.29) is 46.3 Å². The third-order valence-electron chi connectivity index (χ3n) is 10.1. The molecule has 14 heteroatoms. The van der Waals surface area contributed by atoms with Gasteiger partial charge in [0.05, 0.1) is 41.3 Å². The predicted octanol–water partition coefficient (Wildman–Crippen LogP) is 4.37. The number of ether oxygens (including phenoxy) is 2. The number of para-hydroxylation sites is 1. The summed E-state index contributed by atoms with van der Waals surface area (Å²) in [7, 11) is 0. The second-order valence-corrected chi connectivity index (χ2v) is 14.5. The smallest absolute Gasteiger partial charge is 0.418 e. The van der Waals surface area contributed by atoms with Crippen molar-refractivity contribution in [3.05, 3.63) is 74.2 Å². The molecule has 2 saturated heterocycles. The van der Waals surface area contributed by atoms with E-state index < -0.39 is 41.1 Å². The molecule has 4 fully saturated rings. The zero-order valence-electron chi connectivity index (χ0n) is 24.2. The van der Waals surface area contributed by atoms with Crippen molar-refractivity contribution in [2.45, 2.75) is 28.8 Å². The minimum Gasteiger partial charge on any atom is -0.484 e. The number of benzene rings is 2. The molecule has 4 heterocycles. The number of fused-ring (bicyclic) bond motifs is 9. The van der Waals surface area contributed by atoms with Gasteiger partial charge in [-0.15, -0.1) is 11.8 Å². The summed E-state index contributed by atoms with van der Waals surface area (Å²) in [4.78, 5) is 58.9. The Labute approximate surface area is 269 Å². The molecule has 2 bridgehead atoms. The molecule has 3 aromatic rings. The van der Waals surface area contributed by atoms with Gasteiger partial charge in [0.15, 0.2) is 6.61 Å². The lowest BCUT2D eigenvalue weighted by atomic mass is 9.68. The van der Waals surface area contributed by atoms with E-state index in [2.05, 4.69) is 4.98 Å². The van der Waals surface area contributed by atoms with Gasteiger partial charge in [-0.25, -0.2) is 4.90 Å². The van der Waals surface area contributed by atoms with Crippen LogP contribution in [0.5, 0.6) is 5.75 Å². The van der Waals surface area contributed by atoms with E-state index in [1.165, 1.54) is 30.0 Å². The maximum atomic E-state index is 13.9. The van der Waals surface area contributed by atoms with Gasteiger partial charge in [0.2, 0.25) is 11.8 Å². The molecular weight excluding hydrogens is 643 g/mol. The van der Waals surface area contributed by atoms with Crippen LogP contribution in [0.3, 0.4) is 0 Å². The van der Waals surface area contributed by atoms with Crippen molar-refractivity contribution in [2.75, 3.05) is 37.8 Å². The van der Waals surface area contributed by atoms with E-state index in [4.69, 9.17) is 9.47 Å². The molecular formula is C32H28F3N3O6S2. The van der Waals surface area contributed by atoms with E-state index in [1.54, 1.807) is 17.0 Å². The third kappa shape index (κ3) is 4.62. The molecule has 46 heavy (non-hydrogen) atoms. The molecule has 1 N–H and O–H groups in total. The number of morpholine rings is 1. The Hall–Kier alpha value is -3.62. The number of thioether (sulfide) groups is 1. The monoisotopic (exact) mass is 671 g/mol. The topological polar surface area (TPSA) is 109 Å². The first-order chi connectivity index (χ1) is 22.1. The summed E-state index contributed by atoms with van der Waals surface area (Å²) in [6.07, 6.45) is -4.11. The van der Waals surface area contributed by atoms with Crippen molar-refractivity contribution in [2.24, 2.45) is 29.6 Å². The normalized spacial score (nSPS) is 29.9. The average Bonchev–Trinajstić information content (AvgIpc) is 3.79. The molecule has 2 saturated carbocycles. The number of nitrogens with zero attached hydrogens (tertiary/aromatic N) is 2. The van der Waals surface area contributed by atoms with Crippen LogP contribution < -0.4 is 14.5 Å². The number of aromatic nitrogens is 1. The van der Waals surface area contributed by atoms with Crippen LogP contribution >= 0.6 is 23.1 Å².